The van der Waals surface area contributed by atoms with Gasteiger partial charge in [-0.05, 0) is 48.0 Å². The van der Waals surface area contributed by atoms with Crippen LogP contribution in [0.1, 0.15) is 10.4 Å². The molecule has 1 aromatic heterocycles. The molecule has 1 aliphatic rings. The number of aliphatic imine (C=N–C) groups is 1. The Morgan fingerprint density at radius 3 is 2.87 bits per heavy atom. The van der Waals surface area contributed by atoms with Gasteiger partial charge in [-0.25, -0.2) is 4.99 Å². The molecule has 0 amide bonds. The second-order valence-corrected chi connectivity index (χ2v) is 5.93. The molecule has 15 heavy (non-hydrogen) atoms. The summed E-state index contributed by atoms with van der Waals surface area (Å²) in [6.07, 6.45) is 3.80. The molecule has 2 nitrogen and oxygen atoms in total. The van der Waals surface area contributed by atoms with Gasteiger partial charge in [0.15, 0.2) is 0 Å². The normalized spacial score (nSPS) is 18.7. The Hall–Kier alpha value is -0.520. The van der Waals surface area contributed by atoms with Crippen LogP contribution in [-0.4, -0.2) is 15.7 Å². The van der Waals surface area contributed by atoms with Gasteiger partial charge in [-0.1, -0.05) is 0 Å². The van der Waals surface area contributed by atoms with E-state index >= 15 is 0 Å². The third-order valence-electron chi connectivity index (χ3n) is 1.95. The van der Waals surface area contributed by atoms with Crippen LogP contribution >= 0.6 is 34.9 Å². The van der Waals surface area contributed by atoms with E-state index in [-0.39, 0.29) is 5.12 Å². The van der Waals surface area contributed by atoms with Gasteiger partial charge in [0.25, 0.3) is 0 Å². The van der Waals surface area contributed by atoms with Gasteiger partial charge in [0.05, 0.1) is 0 Å². The van der Waals surface area contributed by atoms with Crippen molar-refractivity contribution < 1.29 is 4.79 Å². The summed E-state index contributed by atoms with van der Waals surface area (Å²) in [5.41, 5.74) is 1.76. The van der Waals surface area contributed by atoms with Crippen molar-refractivity contribution in [3.63, 3.8) is 0 Å². The molecule has 2 heterocycles. The zero-order valence-corrected chi connectivity index (χ0v) is 10.8. The molecule has 1 aliphatic heterocycles. The first-order valence-corrected chi connectivity index (χ1v) is 7.23. The van der Waals surface area contributed by atoms with Crippen LogP contribution < -0.4 is 0 Å². The summed E-state index contributed by atoms with van der Waals surface area (Å²) in [6, 6.07) is 2.04. The Morgan fingerprint density at radius 2 is 2.33 bits per heavy atom. The number of nitrogens with zero attached hydrogens (tertiary/aromatic N) is 1. The van der Waals surface area contributed by atoms with Crippen LogP contribution in [-0.2, 0) is 4.79 Å². The topological polar surface area (TPSA) is 29.4 Å². The van der Waals surface area contributed by atoms with Crippen LogP contribution in [0.2, 0.25) is 0 Å². The monoisotopic (exact) mass is 255 g/mol. The number of thiophene rings is 1. The summed E-state index contributed by atoms with van der Waals surface area (Å²) in [5, 5.41) is 2.07. The molecule has 78 valence electrons. The molecule has 0 spiro atoms. The second-order valence-electron chi connectivity index (χ2n) is 2.97. The van der Waals surface area contributed by atoms with Crippen LogP contribution in [0, 0.1) is 6.92 Å². The summed E-state index contributed by atoms with van der Waals surface area (Å²) >= 11 is 4.36. The smallest absolute Gasteiger partial charge is 0.244 e. The highest BCUT2D eigenvalue weighted by Crippen LogP contribution is 2.31. The number of carbonyl (C=O) groups excluding carboxylic acids is 1. The summed E-state index contributed by atoms with van der Waals surface area (Å²) in [7, 11) is 0. The summed E-state index contributed by atoms with van der Waals surface area (Å²) in [4.78, 5) is 16.9. The van der Waals surface area contributed by atoms with E-state index in [1.807, 2.05) is 30.7 Å². The van der Waals surface area contributed by atoms with Gasteiger partial charge in [0, 0.05) is 4.88 Å². The number of carbonyl (C=O) groups is 1. The van der Waals surface area contributed by atoms with E-state index in [4.69, 9.17) is 0 Å². The molecule has 0 aliphatic carbocycles. The van der Waals surface area contributed by atoms with Crippen molar-refractivity contribution in [2.75, 3.05) is 6.26 Å². The molecule has 0 saturated carbocycles. The summed E-state index contributed by atoms with van der Waals surface area (Å²) < 4.78 is 0.834. The van der Waals surface area contributed by atoms with Crippen molar-refractivity contribution in [2.24, 2.45) is 4.99 Å². The average molecular weight is 255 g/mol. The molecule has 5 heteroatoms. The van der Waals surface area contributed by atoms with Gasteiger partial charge < -0.3 is 0 Å². The van der Waals surface area contributed by atoms with E-state index in [0.29, 0.717) is 5.70 Å². The lowest BCUT2D eigenvalue weighted by Crippen LogP contribution is -1.87. The Kier molecular flexibility index (Phi) is 3.33. The standard InChI is InChI=1S/C10H9NOS3/c1-6-3-4-14-8(6)5-7-9(12)15-10(11-7)13-2/h3-5H,1-2H3/b7-5+. The first kappa shape index (κ1) is 11.0. The Morgan fingerprint density at radius 1 is 1.53 bits per heavy atom. The van der Waals surface area contributed by atoms with Crippen LogP contribution in [0.4, 0.5) is 0 Å². The molecule has 0 atom stereocenters. The minimum Gasteiger partial charge on any atom is -0.279 e. The van der Waals surface area contributed by atoms with Gasteiger partial charge in [-0.3, -0.25) is 4.79 Å². The largest absolute Gasteiger partial charge is 0.279 e. The number of hydrogen-bond acceptors (Lipinski definition) is 5. The minimum atomic E-state index is 0.0483. The quantitative estimate of drug-likeness (QED) is 0.720. The predicted octanol–water partition coefficient (Wildman–Crippen LogP) is 3.39. The highest BCUT2D eigenvalue weighted by Gasteiger charge is 2.21. The van der Waals surface area contributed by atoms with Crippen molar-refractivity contribution >= 4 is 50.4 Å². The van der Waals surface area contributed by atoms with Gasteiger partial charge in [-0.2, -0.15) is 0 Å². The van der Waals surface area contributed by atoms with Gasteiger partial charge in [-0.15, -0.1) is 23.1 Å². The first-order valence-electron chi connectivity index (χ1n) is 4.31. The first-order chi connectivity index (χ1) is 7.20. The van der Waals surface area contributed by atoms with E-state index in [0.717, 1.165) is 9.25 Å². The van der Waals surface area contributed by atoms with E-state index in [9.17, 15) is 4.79 Å². The molecule has 0 radical (unpaired) electrons. The molecule has 0 saturated heterocycles. The Labute approximate surface area is 101 Å². The fourth-order valence-corrected chi connectivity index (χ4v) is 3.25. The lowest BCUT2D eigenvalue weighted by molar-refractivity contribution is -0.107. The Balaban J connectivity index is 2.32. The van der Waals surface area contributed by atoms with Crippen molar-refractivity contribution in [1.29, 1.82) is 0 Å². The molecular weight excluding hydrogens is 246 g/mol. The van der Waals surface area contributed by atoms with Gasteiger partial charge in [0.2, 0.25) is 5.12 Å². The molecule has 2 rings (SSSR count). The Bertz CT molecular complexity index is 459. The molecule has 0 N–H and O–H groups in total. The number of hydrogen-bond donors (Lipinski definition) is 0. The van der Waals surface area contributed by atoms with Crippen molar-refractivity contribution in [3.8, 4) is 0 Å². The van der Waals surface area contributed by atoms with Crippen molar-refractivity contribution in [2.45, 2.75) is 6.92 Å². The highest BCUT2D eigenvalue weighted by molar-refractivity contribution is 8.45. The molecule has 1 aromatic rings. The van der Waals surface area contributed by atoms with E-state index in [1.165, 1.54) is 29.1 Å². The second kappa shape index (κ2) is 4.55. The molecule has 0 unspecified atom stereocenters. The zero-order chi connectivity index (χ0) is 10.8. The third-order valence-corrected chi connectivity index (χ3v) is 4.76. The minimum absolute atomic E-state index is 0.0483. The molecule has 0 bridgehead atoms. The lowest BCUT2D eigenvalue weighted by Gasteiger charge is -1.91. The van der Waals surface area contributed by atoms with E-state index in [2.05, 4.69) is 4.99 Å². The van der Waals surface area contributed by atoms with Crippen LogP contribution in [0.3, 0.4) is 0 Å². The average Bonchev–Trinajstić information content (AvgIpc) is 2.76. The van der Waals surface area contributed by atoms with Crippen molar-refractivity contribution in [1.82, 2.24) is 0 Å². The zero-order valence-electron chi connectivity index (χ0n) is 8.31. The number of rotatable bonds is 1. The van der Waals surface area contributed by atoms with Crippen LogP contribution in [0.25, 0.3) is 6.08 Å². The maximum absolute atomic E-state index is 11.6. The van der Waals surface area contributed by atoms with Crippen LogP contribution in [0.15, 0.2) is 22.1 Å². The molecular formula is C10H9NOS3. The summed E-state index contributed by atoms with van der Waals surface area (Å²) in [5.74, 6) is 0. The lowest BCUT2D eigenvalue weighted by atomic mass is 10.2. The van der Waals surface area contributed by atoms with E-state index < -0.39 is 0 Å². The van der Waals surface area contributed by atoms with Gasteiger partial charge in [0.1, 0.15) is 10.1 Å². The maximum atomic E-state index is 11.6. The maximum Gasteiger partial charge on any atom is 0.244 e. The van der Waals surface area contributed by atoms with Gasteiger partial charge >= 0.3 is 0 Å². The SMILES string of the molecule is CSC1=N/C(=C/c2sccc2C)C(=O)S1. The molecule has 0 aromatic carbocycles. The molecule has 0 fully saturated rings. The van der Waals surface area contributed by atoms with E-state index in [1.54, 1.807) is 11.3 Å². The third kappa shape index (κ3) is 2.35. The predicted molar refractivity (Wildman–Crippen MR) is 70.6 cm³/mol. The highest BCUT2D eigenvalue weighted by atomic mass is 32.2. The van der Waals surface area contributed by atoms with Crippen molar-refractivity contribution in [3.05, 3.63) is 27.6 Å². The summed E-state index contributed by atoms with van der Waals surface area (Å²) in [6.45, 7) is 2.04. The fourth-order valence-electron chi connectivity index (χ4n) is 1.13. The van der Waals surface area contributed by atoms with Crippen LogP contribution in [0.5, 0.6) is 0 Å². The number of thioether (sulfide) groups is 2. The fraction of sp³-hybridized carbons (Fsp3) is 0.200. The number of aryl methyl sites for hydroxylation is 1.